The Morgan fingerprint density at radius 2 is 0.571 bits per heavy atom. The molecule has 0 saturated carbocycles. The molecule has 0 aliphatic carbocycles. The minimum absolute atomic E-state index is 0.221. The molecule has 170 valence electrons. The molecule has 0 unspecified atom stereocenters. The fourth-order valence-electron chi connectivity index (χ4n) is 2.48. The molecular formula is C16H34O8S4. The molecule has 0 aliphatic rings. The van der Waals surface area contributed by atoms with Gasteiger partial charge >= 0.3 is 0 Å². The molecule has 0 amide bonds. The van der Waals surface area contributed by atoms with E-state index in [9.17, 15) is 33.7 Å². The number of hydrogen-bond acceptors (Lipinski definition) is 8. The molecule has 28 heavy (non-hydrogen) atoms. The van der Waals surface area contributed by atoms with Gasteiger partial charge in [-0.1, -0.05) is 52.4 Å². The molecule has 0 radical (unpaired) electrons. The van der Waals surface area contributed by atoms with Crippen LogP contribution in [-0.4, -0.2) is 56.7 Å². The fraction of sp³-hybridized carbons (Fsp3) is 1.00. The van der Waals surface area contributed by atoms with E-state index in [2.05, 4.69) is 0 Å². The summed E-state index contributed by atoms with van der Waals surface area (Å²) in [5, 5.41) is 0. The maximum absolute atomic E-state index is 12.0. The second kappa shape index (κ2) is 12.5. The van der Waals surface area contributed by atoms with Crippen LogP contribution < -0.4 is 0 Å². The van der Waals surface area contributed by atoms with Crippen LogP contribution in [0, 0.1) is 0 Å². The van der Waals surface area contributed by atoms with Crippen molar-refractivity contribution in [3.8, 4) is 0 Å². The lowest BCUT2D eigenvalue weighted by Crippen LogP contribution is -2.24. The number of rotatable bonds is 17. The second-order valence-corrected chi connectivity index (χ2v) is 19.1. The smallest absolute Gasteiger partial charge is 0.213 e. The predicted molar refractivity (Wildman–Crippen MR) is 113 cm³/mol. The van der Waals surface area contributed by atoms with Crippen LogP contribution in [0.15, 0.2) is 0 Å². The normalized spacial score (nSPS) is 13.6. The SMILES string of the molecule is CCCCCCS(=O)(=O)S(=O)(=O)CCCCS(=O)(=O)S(=O)(=O)CCCCCC. The van der Waals surface area contributed by atoms with Crippen LogP contribution >= 0.6 is 0 Å². The van der Waals surface area contributed by atoms with E-state index in [-0.39, 0.29) is 25.7 Å². The Bertz CT molecular complexity index is 780. The second-order valence-electron chi connectivity index (χ2n) is 6.88. The highest BCUT2D eigenvalue weighted by Crippen LogP contribution is 2.14. The lowest BCUT2D eigenvalue weighted by atomic mass is 10.2. The van der Waals surface area contributed by atoms with Gasteiger partial charge in [0.05, 0.1) is 23.0 Å². The van der Waals surface area contributed by atoms with Gasteiger partial charge in [0.2, 0.25) is 0 Å². The molecule has 0 aliphatic heterocycles. The van der Waals surface area contributed by atoms with Gasteiger partial charge in [0.25, 0.3) is 35.5 Å². The molecule has 0 spiro atoms. The zero-order valence-electron chi connectivity index (χ0n) is 16.8. The molecule has 0 aromatic carbocycles. The molecule has 0 aromatic heterocycles. The lowest BCUT2D eigenvalue weighted by Gasteiger charge is -2.08. The molecule has 0 fully saturated rings. The molecule has 8 nitrogen and oxygen atoms in total. The third kappa shape index (κ3) is 9.53. The third-order valence-corrected chi connectivity index (χ3v) is 15.7. The van der Waals surface area contributed by atoms with Crippen molar-refractivity contribution in [1.29, 1.82) is 0 Å². The third-order valence-electron chi connectivity index (χ3n) is 4.31. The van der Waals surface area contributed by atoms with E-state index in [1.54, 1.807) is 0 Å². The molecule has 0 atom stereocenters. The highest BCUT2D eigenvalue weighted by atomic mass is 33.2. The Morgan fingerprint density at radius 1 is 0.357 bits per heavy atom. The van der Waals surface area contributed by atoms with Gasteiger partial charge in [0.15, 0.2) is 0 Å². The van der Waals surface area contributed by atoms with E-state index in [4.69, 9.17) is 0 Å². The Labute approximate surface area is 170 Å². The maximum Gasteiger partial charge on any atom is 0.253 e. The van der Waals surface area contributed by atoms with E-state index >= 15 is 0 Å². The van der Waals surface area contributed by atoms with Crippen LogP contribution in [-0.2, 0) is 35.5 Å². The van der Waals surface area contributed by atoms with E-state index in [1.807, 2.05) is 13.8 Å². The van der Waals surface area contributed by atoms with Crippen molar-refractivity contribution >= 4 is 35.5 Å². The first-order valence-electron chi connectivity index (χ1n) is 9.74. The van der Waals surface area contributed by atoms with Crippen molar-refractivity contribution in [2.24, 2.45) is 0 Å². The Kier molecular flexibility index (Phi) is 12.4. The quantitative estimate of drug-likeness (QED) is 0.228. The average molecular weight is 483 g/mol. The standard InChI is InChI=1S/C16H34O8S4/c1-3-5-7-9-13-25(17,18)27(21,22)15-11-12-16-28(23,24)26(19,20)14-10-8-6-4-2/h3-16H2,1-2H3. The van der Waals surface area contributed by atoms with Gasteiger partial charge in [-0.2, -0.15) is 0 Å². The minimum atomic E-state index is -4.39. The molecule has 0 rings (SSSR count). The predicted octanol–water partition coefficient (Wildman–Crippen LogP) is 2.42. The maximum atomic E-state index is 12.0. The van der Waals surface area contributed by atoms with E-state index in [1.165, 1.54) is 0 Å². The van der Waals surface area contributed by atoms with Crippen LogP contribution in [0.3, 0.4) is 0 Å². The summed E-state index contributed by atoms with van der Waals surface area (Å²) in [6.45, 7) is 3.90. The van der Waals surface area contributed by atoms with Crippen LogP contribution in [0.4, 0.5) is 0 Å². The van der Waals surface area contributed by atoms with Gasteiger partial charge in [-0.05, 0) is 25.7 Å². The van der Waals surface area contributed by atoms with Crippen LogP contribution in [0.2, 0.25) is 0 Å². The first-order valence-corrected chi connectivity index (χ1v) is 17.4. The Morgan fingerprint density at radius 3 is 0.786 bits per heavy atom. The first-order chi connectivity index (χ1) is 12.8. The number of hydrogen-bond donors (Lipinski definition) is 0. The van der Waals surface area contributed by atoms with Gasteiger partial charge in [0, 0.05) is 0 Å². The molecule has 0 bridgehead atoms. The molecule has 12 heteroatoms. The highest BCUT2D eigenvalue weighted by Gasteiger charge is 2.31. The monoisotopic (exact) mass is 482 g/mol. The first kappa shape index (κ1) is 27.8. The van der Waals surface area contributed by atoms with Crippen LogP contribution in [0.1, 0.15) is 78.1 Å². The van der Waals surface area contributed by atoms with Crippen LogP contribution in [0.25, 0.3) is 0 Å². The zero-order chi connectivity index (χ0) is 21.9. The average Bonchev–Trinajstić information content (AvgIpc) is 2.59. The lowest BCUT2D eigenvalue weighted by molar-refractivity contribution is 0.574. The van der Waals surface area contributed by atoms with Crippen molar-refractivity contribution in [3.63, 3.8) is 0 Å². The molecule has 0 N–H and O–H groups in total. The van der Waals surface area contributed by atoms with Crippen molar-refractivity contribution in [1.82, 2.24) is 0 Å². The van der Waals surface area contributed by atoms with Gasteiger partial charge in [-0.25, -0.2) is 33.7 Å². The Hall–Kier alpha value is -0.200. The summed E-state index contributed by atoms with van der Waals surface area (Å²) < 4.78 is 95.7. The summed E-state index contributed by atoms with van der Waals surface area (Å²) in [5.41, 5.74) is 0. The van der Waals surface area contributed by atoms with Crippen molar-refractivity contribution in [2.75, 3.05) is 23.0 Å². The topological polar surface area (TPSA) is 137 Å². The fourth-order valence-corrected chi connectivity index (χ4v) is 10.2. The Balaban J connectivity index is 4.58. The summed E-state index contributed by atoms with van der Waals surface area (Å²) in [6, 6.07) is 0. The molecule has 0 aromatic rings. The summed E-state index contributed by atoms with van der Waals surface area (Å²) >= 11 is 0. The van der Waals surface area contributed by atoms with E-state index in [0.717, 1.165) is 25.7 Å². The van der Waals surface area contributed by atoms with Gasteiger partial charge in [-0.15, -0.1) is 0 Å². The van der Waals surface area contributed by atoms with Crippen molar-refractivity contribution in [2.45, 2.75) is 78.1 Å². The van der Waals surface area contributed by atoms with Gasteiger partial charge < -0.3 is 0 Å². The summed E-state index contributed by atoms with van der Waals surface area (Å²) in [4.78, 5) is 0. The molecule has 0 saturated heterocycles. The largest absolute Gasteiger partial charge is 0.253 e. The number of unbranched alkanes of at least 4 members (excludes halogenated alkanes) is 7. The highest BCUT2D eigenvalue weighted by molar-refractivity contribution is 8.67. The van der Waals surface area contributed by atoms with Crippen molar-refractivity contribution < 1.29 is 33.7 Å². The van der Waals surface area contributed by atoms with Crippen molar-refractivity contribution in [3.05, 3.63) is 0 Å². The van der Waals surface area contributed by atoms with E-state index < -0.39 is 58.5 Å². The van der Waals surface area contributed by atoms with Crippen LogP contribution in [0.5, 0.6) is 0 Å². The molecular weight excluding hydrogens is 448 g/mol. The minimum Gasteiger partial charge on any atom is -0.213 e. The summed E-state index contributed by atoms with van der Waals surface area (Å²) in [5.74, 6) is -2.29. The van der Waals surface area contributed by atoms with E-state index in [0.29, 0.717) is 12.8 Å². The summed E-state index contributed by atoms with van der Waals surface area (Å²) in [6.07, 6.45) is 4.76. The molecule has 0 heterocycles. The van der Waals surface area contributed by atoms with Gasteiger partial charge in [0.1, 0.15) is 0 Å². The zero-order valence-corrected chi connectivity index (χ0v) is 20.1. The van der Waals surface area contributed by atoms with Gasteiger partial charge in [-0.3, -0.25) is 0 Å². The summed E-state index contributed by atoms with van der Waals surface area (Å²) in [7, 11) is -17.4.